The molecule has 3 aliphatic rings. The number of aryl methyl sites for hydroxylation is 1. The van der Waals surface area contributed by atoms with Crippen molar-refractivity contribution >= 4 is 23.5 Å². The third kappa shape index (κ3) is 11.4. The first kappa shape index (κ1) is 50.0. The SMILES string of the molecule is CC[C@H]1OC(=O)[C@H](C)C(=O)[C@H](C)[C@@H](O[C@@H]2OC(C)CC(N(C)C)C2O)[C@](C)(OC)C[C@@H](C)CN[C@H](Cc2ccccc2)[C@H]2N(CCCCn3cc(-c4cccc(N)c4)nn3)C(=O)O[C@]12C. The Morgan fingerprint density at radius 2 is 1.74 bits per heavy atom. The maximum Gasteiger partial charge on any atom is 0.410 e. The zero-order valence-corrected chi connectivity index (χ0v) is 40.0. The summed E-state index contributed by atoms with van der Waals surface area (Å²) < 4.78 is 33.9. The van der Waals surface area contributed by atoms with Crippen LogP contribution in [-0.4, -0.2) is 142 Å². The number of benzene rings is 2. The van der Waals surface area contributed by atoms with Gasteiger partial charge in [0.05, 0.1) is 30.0 Å². The van der Waals surface area contributed by atoms with Crippen LogP contribution in [0.25, 0.3) is 11.3 Å². The second kappa shape index (κ2) is 21.5. The average Bonchev–Trinajstić information content (AvgIpc) is 3.86. The van der Waals surface area contributed by atoms with Crippen molar-refractivity contribution in [2.45, 2.75) is 154 Å². The third-order valence-electron chi connectivity index (χ3n) is 14.0. The Bertz CT molecular complexity index is 2050. The van der Waals surface area contributed by atoms with E-state index in [1.165, 1.54) is 0 Å². The summed E-state index contributed by atoms with van der Waals surface area (Å²) in [5.74, 6) is -3.27. The fourth-order valence-electron chi connectivity index (χ4n) is 10.3. The smallest absolute Gasteiger partial charge is 0.410 e. The normalized spacial score (nSPS) is 34.1. The fraction of sp³-hybridized carbons (Fsp3) is 0.653. The molecule has 16 heteroatoms. The van der Waals surface area contributed by atoms with Gasteiger partial charge in [-0.05, 0) is 110 Å². The number of Topliss-reactive ketones (excluding diaryl/α,β-unsaturated/α-hetero) is 1. The molecule has 1 aromatic heterocycles. The van der Waals surface area contributed by atoms with Gasteiger partial charge in [-0.15, -0.1) is 5.10 Å². The van der Waals surface area contributed by atoms with Gasteiger partial charge in [-0.2, -0.15) is 0 Å². The Morgan fingerprint density at radius 1 is 1.02 bits per heavy atom. The van der Waals surface area contributed by atoms with Crippen LogP contribution in [0, 0.1) is 17.8 Å². The third-order valence-corrected chi connectivity index (χ3v) is 14.0. The van der Waals surface area contributed by atoms with E-state index in [9.17, 15) is 19.5 Å². The Kier molecular flexibility index (Phi) is 16.5. The first-order chi connectivity index (χ1) is 30.9. The molecule has 0 aliphatic carbocycles. The summed E-state index contributed by atoms with van der Waals surface area (Å²) in [5.41, 5.74) is 6.93. The lowest BCUT2D eigenvalue weighted by Crippen LogP contribution is -2.62. The Morgan fingerprint density at radius 3 is 2.42 bits per heavy atom. The predicted molar refractivity (Wildman–Crippen MR) is 246 cm³/mol. The number of fused-ring (bicyclic) bond motifs is 1. The average molecular weight is 904 g/mol. The summed E-state index contributed by atoms with van der Waals surface area (Å²) in [6.45, 7) is 14.4. The Balaban J connectivity index is 1.31. The molecule has 65 heavy (non-hydrogen) atoms. The van der Waals surface area contributed by atoms with Gasteiger partial charge in [0, 0.05) is 49.5 Å². The minimum Gasteiger partial charge on any atom is -0.458 e. The number of anilines is 1. The van der Waals surface area contributed by atoms with E-state index in [-0.39, 0.29) is 24.1 Å². The number of nitrogens with two attached hydrogens (primary N) is 1. The molecule has 0 spiro atoms. The summed E-state index contributed by atoms with van der Waals surface area (Å²) in [6.07, 6.45) is 0.521. The first-order valence-corrected chi connectivity index (χ1v) is 23.4. The van der Waals surface area contributed by atoms with E-state index in [0.717, 1.165) is 16.8 Å². The van der Waals surface area contributed by atoms with Crippen LogP contribution in [0.1, 0.15) is 86.1 Å². The highest BCUT2D eigenvalue weighted by Gasteiger charge is 2.59. The van der Waals surface area contributed by atoms with Crippen molar-refractivity contribution in [2.75, 3.05) is 40.0 Å². The molecule has 4 heterocycles. The molecule has 358 valence electrons. The number of rotatable bonds is 13. The largest absolute Gasteiger partial charge is 0.458 e. The molecule has 0 bridgehead atoms. The van der Waals surface area contributed by atoms with Crippen molar-refractivity contribution in [3.8, 4) is 11.3 Å². The minimum absolute atomic E-state index is 0.0581. The molecule has 0 radical (unpaired) electrons. The van der Waals surface area contributed by atoms with Crippen LogP contribution in [-0.2, 0) is 46.2 Å². The number of nitrogen functional groups attached to an aromatic ring is 1. The van der Waals surface area contributed by atoms with Crippen molar-refractivity contribution in [3.63, 3.8) is 0 Å². The van der Waals surface area contributed by atoms with E-state index in [1.807, 2.05) is 95.4 Å². The highest BCUT2D eigenvalue weighted by atomic mass is 16.7. The Hall–Kier alpha value is -4.45. The number of hydrogen-bond donors (Lipinski definition) is 3. The summed E-state index contributed by atoms with van der Waals surface area (Å²) in [6, 6.07) is 16.4. The van der Waals surface area contributed by atoms with Gasteiger partial charge < -0.3 is 44.7 Å². The molecule has 6 rings (SSSR count). The molecule has 16 nitrogen and oxygen atoms in total. The predicted octanol–water partition coefficient (Wildman–Crippen LogP) is 5.51. The van der Waals surface area contributed by atoms with E-state index in [4.69, 9.17) is 29.4 Å². The number of esters is 1. The summed E-state index contributed by atoms with van der Waals surface area (Å²) in [7, 11) is 5.41. The lowest BCUT2D eigenvalue weighted by Gasteiger charge is -2.46. The number of likely N-dealkylation sites (N-methyl/N-ethyl adjacent to an activating group) is 1. The minimum atomic E-state index is -1.30. The van der Waals surface area contributed by atoms with Crippen molar-refractivity contribution in [3.05, 3.63) is 66.4 Å². The van der Waals surface area contributed by atoms with E-state index in [0.29, 0.717) is 63.8 Å². The van der Waals surface area contributed by atoms with Crippen LogP contribution in [0.2, 0.25) is 0 Å². The van der Waals surface area contributed by atoms with Crippen LogP contribution in [0.4, 0.5) is 10.5 Å². The molecular formula is C49H73N7O9. The van der Waals surface area contributed by atoms with E-state index in [2.05, 4.69) is 34.7 Å². The van der Waals surface area contributed by atoms with Crippen molar-refractivity contribution in [1.82, 2.24) is 30.1 Å². The quantitative estimate of drug-likeness (QED) is 0.0842. The number of nitrogens with one attached hydrogen (secondary N) is 1. The molecule has 4 N–H and O–H groups in total. The van der Waals surface area contributed by atoms with Crippen LogP contribution in [0.15, 0.2) is 60.8 Å². The number of aliphatic hydroxyl groups excluding tert-OH is 1. The standard InChI is InChI=1S/C49H73N7O9/c1-11-40-49(7)43(56(47(60)65-49)23-16-15-22-55-29-38(52-53-55)35-20-17-21-36(50)26-35)37(25-34-18-13-12-14-19-34)51-28-30(2)27-48(6,61-10)44(32(4)41(57)33(5)45(59)63-40)64-46-42(58)39(54(8)9)24-31(3)62-46/h12-14,17-21,26,29-33,37,39-40,42-44,46,51,58H,11,15-16,22-25,27-28,50H2,1-10H3/t30-,31?,32+,33-,37-,39?,40-,42?,43-,44-,46+,48-,49-/m1/s1. The van der Waals surface area contributed by atoms with E-state index in [1.54, 1.807) is 30.5 Å². The molecule has 13 atom stereocenters. The van der Waals surface area contributed by atoms with Crippen LogP contribution >= 0.6 is 0 Å². The van der Waals surface area contributed by atoms with Crippen LogP contribution < -0.4 is 11.1 Å². The summed E-state index contributed by atoms with van der Waals surface area (Å²) >= 11 is 0. The second-order valence-electron chi connectivity index (χ2n) is 19.3. The topological polar surface area (TPSA) is 193 Å². The van der Waals surface area contributed by atoms with Crippen LogP contribution in [0.3, 0.4) is 0 Å². The fourth-order valence-corrected chi connectivity index (χ4v) is 10.3. The number of ether oxygens (including phenoxy) is 5. The van der Waals surface area contributed by atoms with Gasteiger partial charge in [-0.1, -0.05) is 68.4 Å². The number of carbonyl (C=O) groups excluding carboxylic acids is 3. The maximum absolute atomic E-state index is 14.6. The Labute approximate surface area is 384 Å². The monoisotopic (exact) mass is 904 g/mol. The van der Waals surface area contributed by atoms with Gasteiger partial charge in [-0.3, -0.25) is 19.2 Å². The lowest BCUT2D eigenvalue weighted by atomic mass is 9.78. The second-order valence-corrected chi connectivity index (χ2v) is 19.3. The number of cyclic esters (lactones) is 1. The number of methoxy groups -OCH3 is 1. The van der Waals surface area contributed by atoms with Gasteiger partial charge in [0.25, 0.3) is 0 Å². The molecule has 3 aromatic rings. The number of ketones is 1. The van der Waals surface area contributed by atoms with Crippen molar-refractivity contribution in [2.24, 2.45) is 17.8 Å². The van der Waals surface area contributed by atoms with E-state index < -0.39 is 71.5 Å². The lowest BCUT2D eigenvalue weighted by molar-refractivity contribution is -0.295. The highest BCUT2D eigenvalue weighted by molar-refractivity contribution is 6.00. The number of aliphatic hydroxyl groups is 1. The molecule has 1 amide bonds. The molecular weight excluding hydrogens is 831 g/mol. The molecule has 3 saturated heterocycles. The number of unbranched alkanes of at least 4 members (excludes halogenated alkanes) is 1. The summed E-state index contributed by atoms with van der Waals surface area (Å²) in [5, 5.41) is 24.1. The van der Waals surface area contributed by atoms with Gasteiger partial charge in [0.1, 0.15) is 23.8 Å². The van der Waals surface area contributed by atoms with Gasteiger partial charge in [-0.25, -0.2) is 4.79 Å². The van der Waals surface area contributed by atoms with Gasteiger partial charge in [0.15, 0.2) is 17.7 Å². The number of hydrogen-bond acceptors (Lipinski definition) is 14. The maximum atomic E-state index is 14.6. The van der Waals surface area contributed by atoms with E-state index >= 15 is 0 Å². The van der Waals surface area contributed by atoms with Gasteiger partial charge >= 0.3 is 12.1 Å². The van der Waals surface area contributed by atoms with Crippen LogP contribution in [0.5, 0.6) is 0 Å². The first-order valence-electron chi connectivity index (χ1n) is 23.4. The number of amides is 1. The molecule has 2 aromatic carbocycles. The number of carbonyl (C=O) groups is 3. The van der Waals surface area contributed by atoms with Crippen molar-refractivity contribution in [1.29, 1.82) is 0 Å². The van der Waals surface area contributed by atoms with Crippen molar-refractivity contribution < 1.29 is 43.2 Å². The molecule has 3 fully saturated rings. The number of aromatic nitrogens is 3. The molecule has 3 unspecified atom stereocenters. The summed E-state index contributed by atoms with van der Waals surface area (Å²) in [4.78, 5) is 46.9. The number of nitrogens with zero attached hydrogens (tertiary/aromatic N) is 5. The molecule has 0 saturated carbocycles. The zero-order valence-electron chi connectivity index (χ0n) is 40.0. The molecule has 3 aliphatic heterocycles. The van der Waals surface area contributed by atoms with Gasteiger partial charge in [0.2, 0.25) is 0 Å². The highest BCUT2D eigenvalue weighted by Crippen LogP contribution is 2.41. The zero-order chi connectivity index (χ0) is 47.2.